The average Bonchev–Trinajstić information content (AvgIpc) is 2.69. The number of aryl methyl sites for hydroxylation is 2. The number of carbonyl (C=O) groups is 3. The van der Waals surface area contributed by atoms with Gasteiger partial charge in [0.2, 0.25) is 5.91 Å². The number of nitrogens with one attached hydrogen (secondary N) is 2. The number of benzene rings is 2. The number of hydrogen-bond donors (Lipinski definition) is 2. The highest BCUT2D eigenvalue weighted by molar-refractivity contribution is 9.10. The van der Waals surface area contributed by atoms with E-state index in [1.807, 2.05) is 26.0 Å². The highest BCUT2D eigenvalue weighted by Gasteiger charge is 2.13. The van der Waals surface area contributed by atoms with Crippen LogP contribution in [0.15, 0.2) is 40.9 Å². The minimum Gasteiger partial charge on any atom is -0.495 e. The second kappa shape index (κ2) is 10.6. The predicted molar refractivity (Wildman–Crippen MR) is 114 cm³/mol. The molecule has 0 heterocycles. The highest BCUT2D eigenvalue weighted by Crippen LogP contribution is 2.25. The Kier molecular flexibility index (Phi) is 8.21. The van der Waals surface area contributed by atoms with Crippen LogP contribution in [0, 0.1) is 13.8 Å². The van der Waals surface area contributed by atoms with Gasteiger partial charge in [0, 0.05) is 16.6 Å². The number of para-hydroxylation sites is 2. The molecule has 0 aliphatic carbocycles. The fraction of sp³-hybridized carbons (Fsp3) is 0.286. The first-order valence-electron chi connectivity index (χ1n) is 8.95. The van der Waals surface area contributed by atoms with E-state index in [-0.39, 0.29) is 18.7 Å². The molecule has 0 radical (unpaired) electrons. The summed E-state index contributed by atoms with van der Waals surface area (Å²) in [6.45, 7) is 3.42. The Bertz CT molecular complexity index is 891. The minimum absolute atomic E-state index is 0.0659. The first kappa shape index (κ1) is 22.4. The zero-order valence-corrected chi connectivity index (χ0v) is 18.1. The van der Waals surface area contributed by atoms with Crippen LogP contribution >= 0.6 is 15.9 Å². The summed E-state index contributed by atoms with van der Waals surface area (Å²) in [6, 6.07) is 10.6. The zero-order valence-electron chi connectivity index (χ0n) is 16.5. The fourth-order valence-electron chi connectivity index (χ4n) is 2.61. The van der Waals surface area contributed by atoms with Crippen molar-refractivity contribution in [2.75, 3.05) is 24.4 Å². The van der Waals surface area contributed by atoms with Crippen molar-refractivity contribution < 1.29 is 23.9 Å². The average molecular weight is 463 g/mol. The Labute approximate surface area is 177 Å². The third kappa shape index (κ3) is 6.90. The van der Waals surface area contributed by atoms with Crippen molar-refractivity contribution in [3.63, 3.8) is 0 Å². The molecule has 0 spiro atoms. The number of carbonyl (C=O) groups excluding carboxylic acids is 3. The van der Waals surface area contributed by atoms with Gasteiger partial charge in [-0.1, -0.05) is 28.1 Å². The number of ether oxygens (including phenoxy) is 2. The first-order chi connectivity index (χ1) is 13.8. The van der Waals surface area contributed by atoms with E-state index in [2.05, 4.69) is 26.6 Å². The van der Waals surface area contributed by atoms with Gasteiger partial charge in [-0.3, -0.25) is 14.4 Å². The summed E-state index contributed by atoms with van der Waals surface area (Å²) in [5.41, 5.74) is 3.12. The standard InChI is InChI=1S/C21H23BrN2O5/c1-13-10-15(11-14(2)21(13)22)23-19(26)12-29-20(27)9-8-18(25)24-16-6-4-5-7-17(16)28-3/h4-7,10-11H,8-9,12H2,1-3H3,(H,23,26)(H,24,25). The second-order valence-electron chi connectivity index (χ2n) is 6.38. The lowest BCUT2D eigenvalue weighted by Gasteiger charge is -2.11. The molecule has 0 saturated carbocycles. The largest absolute Gasteiger partial charge is 0.495 e. The SMILES string of the molecule is COc1ccccc1NC(=O)CCC(=O)OCC(=O)Nc1cc(C)c(Br)c(C)c1. The van der Waals surface area contributed by atoms with Crippen LogP contribution < -0.4 is 15.4 Å². The maximum atomic E-state index is 12.0. The number of esters is 1. The van der Waals surface area contributed by atoms with Crippen LogP contribution in [0.5, 0.6) is 5.75 Å². The van der Waals surface area contributed by atoms with Crippen molar-refractivity contribution in [2.24, 2.45) is 0 Å². The number of halogens is 1. The fourth-order valence-corrected chi connectivity index (χ4v) is 2.84. The smallest absolute Gasteiger partial charge is 0.306 e. The molecule has 0 saturated heterocycles. The Balaban J connectivity index is 1.75. The quantitative estimate of drug-likeness (QED) is 0.578. The van der Waals surface area contributed by atoms with Gasteiger partial charge in [-0.05, 0) is 49.2 Å². The molecule has 7 nitrogen and oxygen atoms in total. The van der Waals surface area contributed by atoms with Gasteiger partial charge in [0.25, 0.3) is 5.91 Å². The Hall–Kier alpha value is -2.87. The summed E-state index contributed by atoms with van der Waals surface area (Å²) in [6.07, 6.45) is -0.200. The van der Waals surface area contributed by atoms with Crippen LogP contribution in [0.25, 0.3) is 0 Å². The topological polar surface area (TPSA) is 93.7 Å². The lowest BCUT2D eigenvalue weighted by atomic mass is 10.1. The van der Waals surface area contributed by atoms with E-state index in [0.717, 1.165) is 15.6 Å². The lowest BCUT2D eigenvalue weighted by molar-refractivity contribution is -0.147. The van der Waals surface area contributed by atoms with Crippen LogP contribution in [0.1, 0.15) is 24.0 Å². The summed E-state index contributed by atoms with van der Waals surface area (Å²) in [4.78, 5) is 35.8. The minimum atomic E-state index is -0.626. The summed E-state index contributed by atoms with van der Waals surface area (Å²) < 4.78 is 11.1. The van der Waals surface area contributed by atoms with Crippen molar-refractivity contribution in [2.45, 2.75) is 26.7 Å². The first-order valence-corrected chi connectivity index (χ1v) is 9.74. The van der Waals surface area contributed by atoms with Gasteiger partial charge in [0.1, 0.15) is 5.75 Å². The second-order valence-corrected chi connectivity index (χ2v) is 7.17. The number of amides is 2. The van der Waals surface area contributed by atoms with E-state index in [9.17, 15) is 14.4 Å². The summed E-state index contributed by atoms with van der Waals surface area (Å²) in [5, 5.41) is 5.36. The molecule has 0 atom stereocenters. The number of hydrogen-bond acceptors (Lipinski definition) is 5. The van der Waals surface area contributed by atoms with Crippen LogP contribution in [-0.2, 0) is 19.1 Å². The molecule has 0 aliphatic heterocycles. The maximum Gasteiger partial charge on any atom is 0.306 e. The molecule has 154 valence electrons. The summed E-state index contributed by atoms with van der Waals surface area (Å²) >= 11 is 3.47. The lowest BCUT2D eigenvalue weighted by Crippen LogP contribution is -2.22. The molecule has 2 N–H and O–H groups in total. The maximum absolute atomic E-state index is 12.0. The Morgan fingerprint density at radius 3 is 2.28 bits per heavy atom. The highest BCUT2D eigenvalue weighted by atomic mass is 79.9. The normalized spacial score (nSPS) is 10.2. The third-order valence-corrected chi connectivity index (χ3v) is 5.27. The van der Waals surface area contributed by atoms with Crippen molar-refractivity contribution >= 4 is 45.1 Å². The summed E-state index contributed by atoms with van der Waals surface area (Å²) in [5.74, 6) is -0.897. The van der Waals surface area contributed by atoms with Crippen molar-refractivity contribution in [1.29, 1.82) is 0 Å². The van der Waals surface area contributed by atoms with E-state index in [0.29, 0.717) is 17.1 Å². The van der Waals surface area contributed by atoms with E-state index >= 15 is 0 Å². The molecule has 0 aromatic heterocycles. The predicted octanol–water partition coefficient (Wildman–Crippen LogP) is 3.98. The number of methoxy groups -OCH3 is 1. The molecule has 0 fully saturated rings. The van der Waals surface area contributed by atoms with E-state index in [1.54, 1.807) is 24.3 Å². The van der Waals surface area contributed by atoms with Crippen LogP contribution in [0.4, 0.5) is 11.4 Å². The van der Waals surface area contributed by atoms with Crippen LogP contribution in [0.3, 0.4) is 0 Å². The molecular weight excluding hydrogens is 440 g/mol. The summed E-state index contributed by atoms with van der Waals surface area (Å²) in [7, 11) is 1.50. The van der Waals surface area contributed by atoms with E-state index in [4.69, 9.17) is 9.47 Å². The molecule has 2 rings (SSSR count). The van der Waals surface area contributed by atoms with E-state index < -0.39 is 18.5 Å². The molecule has 0 unspecified atom stereocenters. The number of anilines is 2. The zero-order chi connectivity index (χ0) is 21.4. The molecule has 0 bridgehead atoms. The van der Waals surface area contributed by atoms with Gasteiger partial charge in [-0.25, -0.2) is 0 Å². The van der Waals surface area contributed by atoms with Crippen molar-refractivity contribution in [3.05, 3.63) is 52.0 Å². The van der Waals surface area contributed by atoms with Gasteiger partial charge in [-0.2, -0.15) is 0 Å². The Morgan fingerprint density at radius 2 is 1.62 bits per heavy atom. The van der Waals surface area contributed by atoms with Crippen LogP contribution in [0.2, 0.25) is 0 Å². The molecule has 8 heteroatoms. The molecular formula is C21H23BrN2O5. The van der Waals surface area contributed by atoms with Crippen molar-refractivity contribution in [3.8, 4) is 5.75 Å². The van der Waals surface area contributed by atoms with Gasteiger partial charge in [-0.15, -0.1) is 0 Å². The van der Waals surface area contributed by atoms with Crippen molar-refractivity contribution in [1.82, 2.24) is 0 Å². The molecule has 2 aromatic rings. The van der Waals surface area contributed by atoms with Gasteiger partial charge in [0.15, 0.2) is 6.61 Å². The molecule has 29 heavy (non-hydrogen) atoms. The monoisotopic (exact) mass is 462 g/mol. The van der Waals surface area contributed by atoms with Gasteiger partial charge >= 0.3 is 5.97 Å². The molecule has 0 aliphatic rings. The number of rotatable bonds is 8. The molecule has 2 aromatic carbocycles. The third-order valence-electron chi connectivity index (χ3n) is 4.02. The van der Waals surface area contributed by atoms with Gasteiger partial charge < -0.3 is 20.1 Å². The Morgan fingerprint density at radius 1 is 0.966 bits per heavy atom. The van der Waals surface area contributed by atoms with E-state index in [1.165, 1.54) is 7.11 Å². The van der Waals surface area contributed by atoms with Gasteiger partial charge in [0.05, 0.1) is 19.2 Å². The van der Waals surface area contributed by atoms with Crippen LogP contribution in [-0.4, -0.2) is 31.5 Å². The molecule has 2 amide bonds.